The lowest BCUT2D eigenvalue weighted by atomic mass is 10.1. The molecule has 3 rings (SSSR count). The number of rotatable bonds is 20. The van der Waals surface area contributed by atoms with Crippen LogP contribution in [-0.2, 0) is 11.2 Å². The highest BCUT2D eigenvalue weighted by Crippen LogP contribution is 2.34. The van der Waals surface area contributed by atoms with E-state index in [2.05, 4.69) is 28.2 Å². The predicted octanol–water partition coefficient (Wildman–Crippen LogP) is 7.59. The summed E-state index contributed by atoms with van der Waals surface area (Å²) in [5.74, 6) is 1.89. The van der Waals surface area contributed by atoms with Crippen molar-refractivity contribution in [3.8, 4) is 17.1 Å². The van der Waals surface area contributed by atoms with Crippen molar-refractivity contribution >= 4 is 0 Å². The van der Waals surface area contributed by atoms with Crippen molar-refractivity contribution in [1.82, 2.24) is 15.2 Å². The van der Waals surface area contributed by atoms with E-state index < -0.39 is 0 Å². The molecular weight excluding hydrogens is 422 g/mol. The molecule has 2 heterocycles. The number of pyridine rings is 1. The lowest BCUT2D eigenvalue weighted by molar-refractivity contribution is 0.123. The highest BCUT2D eigenvalue weighted by atomic mass is 16.5. The molecule has 0 saturated heterocycles. The fraction of sp³-hybridized carbons (Fsp3) is 0.690. The maximum absolute atomic E-state index is 5.79. The number of hydrogen-bond donors (Lipinski definition) is 0. The topological polar surface area (TPSA) is 57.1 Å². The summed E-state index contributed by atoms with van der Waals surface area (Å²) in [6.45, 7) is 4.55. The molecule has 1 aliphatic rings. The fourth-order valence-electron chi connectivity index (χ4n) is 4.12. The first kappa shape index (κ1) is 26.6. The SMILES string of the molecule is CCCCOCCCCOc1ccc(-c2ccc(CCCCCCCCCC3CC3)nn2)nc1. The van der Waals surface area contributed by atoms with Gasteiger partial charge in [-0.1, -0.05) is 71.1 Å². The van der Waals surface area contributed by atoms with E-state index in [4.69, 9.17) is 9.47 Å². The summed E-state index contributed by atoms with van der Waals surface area (Å²) in [6, 6.07) is 8.04. The minimum Gasteiger partial charge on any atom is -0.492 e. The number of unbranched alkanes of at least 4 members (excludes halogenated alkanes) is 8. The second kappa shape index (κ2) is 16.6. The van der Waals surface area contributed by atoms with Gasteiger partial charge in [0, 0.05) is 13.2 Å². The van der Waals surface area contributed by atoms with E-state index in [0.717, 1.165) is 67.6 Å². The van der Waals surface area contributed by atoms with Crippen molar-refractivity contribution in [1.29, 1.82) is 0 Å². The summed E-state index contributed by atoms with van der Waals surface area (Å²) in [4.78, 5) is 4.51. The van der Waals surface area contributed by atoms with Crippen molar-refractivity contribution in [3.05, 3.63) is 36.2 Å². The number of aromatic nitrogens is 3. The molecule has 1 aliphatic carbocycles. The highest BCUT2D eigenvalue weighted by molar-refractivity contribution is 5.53. The molecule has 0 bridgehead atoms. The molecule has 0 amide bonds. The quantitative estimate of drug-likeness (QED) is 0.188. The summed E-state index contributed by atoms with van der Waals surface area (Å²) in [5, 5.41) is 8.82. The molecule has 0 atom stereocenters. The molecule has 2 aromatic rings. The number of hydrogen-bond acceptors (Lipinski definition) is 5. The predicted molar refractivity (Wildman–Crippen MR) is 139 cm³/mol. The van der Waals surface area contributed by atoms with Crippen LogP contribution in [0.15, 0.2) is 30.5 Å². The largest absolute Gasteiger partial charge is 0.492 e. The second-order valence-corrected chi connectivity index (χ2v) is 9.77. The van der Waals surface area contributed by atoms with Gasteiger partial charge in [-0.2, -0.15) is 5.10 Å². The van der Waals surface area contributed by atoms with Gasteiger partial charge >= 0.3 is 0 Å². The maximum atomic E-state index is 5.79. The van der Waals surface area contributed by atoms with Crippen LogP contribution in [0.5, 0.6) is 5.75 Å². The van der Waals surface area contributed by atoms with Crippen LogP contribution in [0.4, 0.5) is 0 Å². The van der Waals surface area contributed by atoms with Gasteiger partial charge in [-0.3, -0.25) is 4.98 Å². The lowest BCUT2D eigenvalue weighted by Crippen LogP contribution is -2.02. The van der Waals surface area contributed by atoms with Crippen molar-refractivity contribution in [2.24, 2.45) is 5.92 Å². The van der Waals surface area contributed by atoms with Crippen molar-refractivity contribution in [2.75, 3.05) is 19.8 Å². The first-order valence-corrected chi connectivity index (χ1v) is 13.8. The lowest BCUT2D eigenvalue weighted by Gasteiger charge is -2.07. The molecule has 0 spiro atoms. The van der Waals surface area contributed by atoms with Gasteiger partial charge < -0.3 is 9.47 Å². The molecule has 1 fully saturated rings. The Balaban J connectivity index is 1.23. The summed E-state index contributed by atoms with van der Waals surface area (Å²) >= 11 is 0. The Labute approximate surface area is 207 Å². The smallest absolute Gasteiger partial charge is 0.137 e. The fourth-order valence-corrected chi connectivity index (χ4v) is 4.12. The third kappa shape index (κ3) is 11.4. The number of nitrogens with zero attached hydrogens (tertiary/aromatic N) is 3. The van der Waals surface area contributed by atoms with Crippen LogP contribution in [0, 0.1) is 5.92 Å². The van der Waals surface area contributed by atoms with E-state index in [9.17, 15) is 0 Å². The van der Waals surface area contributed by atoms with Gasteiger partial charge in [0.2, 0.25) is 0 Å². The molecule has 0 aromatic carbocycles. The van der Waals surface area contributed by atoms with Gasteiger partial charge in [0.15, 0.2) is 0 Å². The first-order chi connectivity index (χ1) is 16.8. The molecule has 34 heavy (non-hydrogen) atoms. The molecule has 0 radical (unpaired) electrons. The minimum atomic E-state index is 0.688. The Morgan fingerprint density at radius 1 is 0.735 bits per heavy atom. The zero-order valence-corrected chi connectivity index (χ0v) is 21.4. The van der Waals surface area contributed by atoms with E-state index in [-0.39, 0.29) is 0 Å². The maximum Gasteiger partial charge on any atom is 0.137 e. The second-order valence-electron chi connectivity index (χ2n) is 9.77. The van der Waals surface area contributed by atoms with E-state index in [1.54, 1.807) is 6.20 Å². The van der Waals surface area contributed by atoms with Gasteiger partial charge in [0.1, 0.15) is 11.4 Å². The molecule has 0 N–H and O–H groups in total. The normalized spacial score (nSPS) is 13.3. The summed E-state index contributed by atoms with van der Waals surface area (Å²) in [5.41, 5.74) is 2.72. The van der Waals surface area contributed by atoms with Crippen LogP contribution >= 0.6 is 0 Å². The van der Waals surface area contributed by atoms with Crippen LogP contribution < -0.4 is 4.74 Å². The number of ether oxygens (including phenoxy) is 2. The third-order valence-electron chi connectivity index (χ3n) is 6.55. The van der Waals surface area contributed by atoms with Crippen LogP contribution in [0.3, 0.4) is 0 Å². The molecule has 2 aromatic heterocycles. The molecule has 0 unspecified atom stereocenters. The van der Waals surface area contributed by atoms with Crippen molar-refractivity contribution < 1.29 is 9.47 Å². The van der Waals surface area contributed by atoms with Crippen LogP contribution in [0.2, 0.25) is 0 Å². The molecule has 5 nitrogen and oxygen atoms in total. The number of aryl methyl sites for hydroxylation is 1. The van der Waals surface area contributed by atoms with Crippen LogP contribution in [0.25, 0.3) is 11.4 Å². The van der Waals surface area contributed by atoms with E-state index in [0.29, 0.717) is 6.61 Å². The molecule has 1 saturated carbocycles. The zero-order valence-electron chi connectivity index (χ0n) is 21.4. The third-order valence-corrected chi connectivity index (χ3v) is 6.55. The molecule has 188 valence electrons. The summed E-state index contributed by atoms with van der Waals surface area (Å²) in [7, 11) is 0. The summed E-state index contributed by atoms with van der Waals surface area (Å²) in [6.07, 6.45) is 21.1. The Hall–Kier alpha value is -2.01. The van der Waals surface area contributed by atoms with Gasteiger partial charge in [0.05, 0.1) is 24.2 Å². The van der Waals surface area contributed by atoms with Crippen molar-refractivity contribution in [3.63, 3.8) is 0 Å². The monoisotopic (exact) mass is 467 g/mol. The average Bonchev–Trinajstić information content (AvgIpc) is 3.70. The minimum absolute atomic E-state index is 0.688. The first-order valence-electron chi connectivity index (χ1n) is 13.8. The van der Waals surface area contributed by atoms with Crippen molar-refractivity contribution in [2.45, 2.75) is 103 Å². The van der Waals surface area contributed by atoms with Gasteiger partial charge in [-0.05, 0) is 62.3 Å². The highest BCUT2D eigenvalue weighted by Gasteiger charge is 2.19. The Kier molecular flexibility index (Phi) is 13.0. The zero-order chi connectivity index (χ0) is 23.7. The van der Waals surface area contributed by atoms with Gasteiger partial charge in [0.25, 0.3) is 0 Å². The van der Waals surface area contributed by atoms with E-state index in [1.165, 1.54) is 70.6 Å². The molecule has 5 heteroatoms. The van der Waals surface area contributed by atoms with Gasteiger partial charge in [-0.25, -0.2) is 0 Å². The molecule has 0 aliphatic heterocycles. The Morgan fingerprint density at radius 3 is 2.18 bits per heavy atom. The standard InChI is InChI=1S/C29H45N3O2/c1-2-3-21-33-22-11-12-23-34-27-18-20-28(30-24-27)29-19-17-26(31-32-29)14-10-8-6-4-5-7-9-13-25-15-16-25/h17-20,24-25H,2-16,21-23H2,1H3. The van der Waals surface area contributed by atoms with Gasteiger partial charge in [-0.15, -0.1) is 5.10 Å². The Bertz CT molecular complexity index is 760. The average molecular weight is 468 g/mol. The Morgan fingerprint density at radius 2 is 1.47 bits per heavy atom. The summed E-state index contributed by atoms with van der Waals surface area (Å²) < 4.78 is 11.4. The van der Waals surface area contributed by atoms with E-state index in [1.807, 2.05) is 18.2 Å². The van der Waals surface area contributed by atoms with Crippen LogP contribution in [-0.4, -0.2) is 35.0 Å². The van der Waals surface area contributed by atoms with E-state index >= 15 is 0 Å². The van der Waals surface area contributed by atoms with Crippen LogP contribution in [0.1, 0.15) is 103 Å². The molecular formula is C29H45N3O2.